The Morgan fingerprint density at radius 3 is 2.28 bits per heavy atom. The zero-order valence-corrected chi connectivity index (χ0v) is 15.4. The lowest BCUT2D eigenvalue weighted by atomic mass is 9.98. The molecule has 1 atom stereocenters. The van der Waals surface area contributed by atoms with Crippen molar-refractivity contribution in [2.45, 2.75) is 6.04 Å². The fraction of sp³-hybridized carbons (Fsp3) is 0.0952. The van der Waals surface area contributed by atoms with Gasteiger partial charge in [0.05, 0.1) is 13.2 Å². The molecule has 0 spiro atoms. The standard InChI is InChI=1S/C21H18BrNO2/c1-25-19-9-5-8-17(14-19)21(24)23-20(15-6-3-2-4-7-15)16-10-12-18(22)13-11-16/h2-14,20H,1H3,(H,23,24). The third-order valence-corrected chi connectivity index (χ3v) is 4.47. The highest BCUT2D eigenvalue weighted by molar-refractivity contribution is 9.10. The highest BCUT2D eigenvalue weighted by Crippen LogP contribution is 2.24. The molecule has 1 unspecified atom stereocenters. The molecule has 0 bridgehead atoms. The predicted molar refractivity (Wildman–Crippen MR) is 103 cm³/mol. The first-order chi connectivity index (χ1) is 12.2. The largest absolute Gasteiger partial charge is 0.497 e. The van der Waals surface area contributed by atoms with Crippen molar-refractivity contribution in [2.24, 2.45) is 0 Å². The Morgan fingerprint density at radius 1 is 0.920 bits per heavy atom. The third kappa shape index (κ3) is 4.28. The van der Waals surface area contributed by atoms with Crippen LogP contribution in [-0.2, 0) is 0 Å². The van der Waals surface area contributed by atoms with Crippen LogP contribution >= 0.6 is 15.9 Å². The summed E-state index contributed by atoms with van der Waals surface area (Å²) in [6.45, 7) is 0. The van der Waals surface area contributed by atoms with Gasteiger partial charge >= 0.3 is 0 Å². The molecule has 0 saturated carbocycles. The Balaban J connectivity index is 1.92. The van der Waals surface area contributed by atoms with Crippen molar-refractivity contribution in [1.29, 1.82) is 0 Å². The molecule has 126 valence electrons. The van der Waals surface area contributed by atoms with E-state index >= 15 is 0 Å². The molecular formula is C21H18BrNO2. The number of nitrogens with one attached hydrogen (secondary N) is 1. The summed E-state index contributed by atoms with van der Waals surface area (Å²) in [5.41, 5.74) is 2.61. The number of benzene rings is 3. The van der Waals surface area contributed by atoms with Crippen molar-refractivity contribution in [3.8, 4) is 5.75 Å². The average Bonchev–Trinajstić information content (AvgIpc) is 2.67. The monoisotopic (exact) mass is 395 g/mol. The molecule has 0 heterocycles. The van der Waals surface area contributed by atoms with E-state index in [0.29, 0.717) is 11.3 Å². The fourth-order valence-corrected chi connectivity index (χ4v) is 2.90. The molecule has 1 N–H and O–H groups in total. The van der Waals surface area contributed by atoms with Gasteiger partial charge in [-0.15, -0.1) is 0 Å². The Labute approximate surface area is 155 Å². The summed E-state index contributed by atoms with van der Waals surface area (Å²) >= 11 is 3.45. The number of rotatable bonds is 5. The topological polar surface area (TPSA) is 38.3 Å². The van der Waals surface area contributed by atoms with Crippen molar-refractivity contribution in [1.82, 2.24) is 5.32 Å². The van der Waals surface area contributed by atoms with Gasteiger partial charge in [-0.25, -0.2) is 0 Å². The van der Waals surface area contributed by atoms with E-state index < -0.39 is 0 Å². The van der Waals surface area contributed by atoms with Gasteiger partial charge in [0.15, 0.2) is 0 Å². The molecule has 3 aromatic rings. The lowest BCUT2D eigenvalue weighted by Gasteiger charge is -2.20. The first-order valence-corrected chi connectivity index (χ1v) is 8.72. The molecule has 0 fully saturated rings. The van der Waals surface area contributed by atoms with E-state index in [9.17, 15) is 4.79 Å². The maximum absolute atomic E-state index is 12.8. The smallest absolute Gasteiger partial charge is 0.252 e. The summed E-state index contributed by atoms with van der Waals surface area (Å²) in [7, 11) is 1.59. The minimum absolute atomic E-state index is 0.143. The molecule has 4 heteroatoms. The van der Waals surface area contributed by atoms with Crippen LogP contribution in [0.3, 0.4) is 0 Å². The molecule has 0 aliphatic carbocycles. The quantitative estimate of drug-likeness (QED) is 0.661. The Morgan fingerprint density at radius 2 is 1.60 bits per heavy atom. The maximum Gasteiger partial charge on any atom is 0.252 e. The van der Waals surface area contributed by atoms with Crippen LogP contribution in [0.5, 0.6) is 5.75 Å². The van der Waals surface area contributed by atoms with Crippen molar-refractivity contribution in [3.05, 3.63) is 100 Å². The highest BCUT2D eigenvalue weighted by atomic mass is 79.9. The SMILES string of the molecule is COc1cccc(C(=O)NC(c2ccccc2)c2ccc(Br)cc2)c1. The maximum atomic E-state index is 12.8. The lowest BCUT2D eigenvalue weighted by Crippen LogP contribution is -2.29. The number of hydrogen-bond donors (Lipinski definition) is 1. The first kappa shape index (κ1) is 17.2. The van der Waals surface area contributed by atoms with Gasteiger partial charge in [-0.2, -0.15) is 0 Å². The molecule has 0 aliphatic heterocycles. The van der Waals surface area contributed by atoms with Crippen LogP contribution in [-0.4, -0.2) is 13.0 Å². The minimum atomic E-state index is -0.229. The normalized spacial score (nSPS) is 11.6. The van der Waals surface area contributed by atoms with Crippen LogP contribution in [0.25, 0.3) is 0 Å². The third-order valence-electron chi connectivity index (χ3n) is 3.94. The van der Waals surface area contributed by atoms with E-state index in [-0.39, 0.29) is 11.9 Å². The van der Waals surface area contributed by atoms with Crippen LogP contribution in [0.4, 0.5) is 0 Å². The zero-order chi connectivity index (χ0) is 17.6. The second kappa shape index (κ2) is 7.99. The zero-order valence-electron chi connectivity index (χ0n) is 13.8. The molecule has 25 heavy (non-hydrogen) atoms. The summed E-state index contributed by atoms with van der Waals surface area (Å²) in [6, 6.07) is 24.8. The molecule has 1 amide bonds. The van der Waals surface area contributed by atoms with Gasteiger partial charge in [-0.3, -0.25) is 4.79 Å². The van der Waals surface area contributed by atoms with Crippen molar-refractivity contribution in [3.63, 3.8) is 0 Å². The van der Waals surface area contributed by atoms with Gasteiger partial charge in [0.1, 0.15) is 5.75 Å². The van der Waals surface area contributed by atoms with E-state index in [1.54, 1.807) is 19.2 Å². The molecule has 0 aliphatic rings. The fourth-order valence-electron chi connectivity index (χ4n) is 2.64. The van der Waals surface area contributed by atoms with Crippen LogP contribution in [0.2, 0.25) is 0 Å². The van der Waals surface area contributed by atoms with E-state index in [1.807, 2.05) is 66.7 Å². The Hall–Kier alpha value is -2.59. The van der Waals surface area contributed by atoms with Gasteiger partial charge in [0, 0.05) is 10.0 Å². The van der Waals surface area contributed by atoms with Gasteiger partial charge in [-0.1, -0.05) is 64.5 Å². The number of ether oxygens (including phenoxy) is 1. The second-order valence-electron chi connectivity index (χ2n) is 5.60. The highest BCUT2D eigenvalue weighted by Gasteiger charge is 2.18. The molecule has 3 aromatic carbocycles. The van der Waals surface area contributed by atoms with E-state index in [0.717, 1.165) is 15.6 Å². The number of amides is 1. The van der Waals surface area contributed by atoms with Gasteiger partial charge < -0.3 is 10.1 Å². The summed E-state index contributed by atoms with van der Waals surface area (Å²) in [4.78, 5) is 12.8. The predicted octanol–water partition coefficient (Wildman–Crippen LogP) is 4.98. The van der Waals surface area contributed by atoms with E-state index in [1.165, 1.54) is 0 Å². The lowest BCUT2D eigenvalue weighted by molar-refractivity contribution is 0.0942. The first-order valence-electron chi connectivity index (χ1n) is 7.92. The molecule has 0 saturated heterocycles. The number of methoxy groups -OCH3 is 1. The summed E-state index contributed by atoms with van der Waals surface area (Å²) in [6.07, 6.45) is 0. The van der Waals surface area contributed by atoms with Gasteiger partial charge in [0.2, 0.25) is 0 Å². The number of carbonyl (C=O) groups is 1. The molecule has 3 nitrogen and oxygen atoms in total. The summed E-state index contributed by atoms with van der Waals surface area (Å²) < 4.78 is 6.21. The van der Waals surface area contributed by atoms with Crippen molar-refractivity contribution < 1.29 is 9.53 Å². The molecule has 0 aromatic heterocycles. The second-order valence-corrected chi connectivity index (χ2v) is 6.52. The summed E-state index contributed by atoms with van der Waals surface area (Å²) in [5, 5.41) is 3.13. The number of carbonyl (C=O) groups excluding carboxylic acids is 1. The van der Waals surface area contributed by atoms with Crippen LogP contribution in [0.15, 0.2) is 83.3 Å². The number of halogens is 1. The van der Waals surface area contributed by atoms with Gasteiger partial charge in [0.25, 0.3) is 5.91 Å². The van der Waals surface area contributed by atoms with Gasteiger partial charge in [-0.05, 0) is 41.5 Å². The van der Waals surface area contributed by atoms with Crippen molar-refractivity contribution >= 4 is 21.8 Å². The Kier molecular flexibility index (Phi) is 5.51. The number of hydrogen-bond acceptors (Lipinski definition) is 2. The Bertz CT molecular complexity index is 847. The molecule has 0 radical (unpaired) electrons. The average molecular weight is 396 g/mol. The minimum Gasteiger partial charge on any atom is -0.497 e. The molecular weight excluding hydrogens is 378 g/mol. The summed E-state index contributed by atoms with van der Waals surface area (Å²) in [5.74, 6) is 0.517. The van der Waals surface area contributed by atoms with Crippen LogP contribution in [0.1, 0.15) is 27.5 Å². The van der Waals surface area contributed by atoms with Crippen LogP contribution < -0.4 is 10.1 Å². The van der Waals surface area contributed by atoms with E-state index in [4.69, 9.17) is 4.74 Å². The molecule has 3 rings (SSSR count). The van der Waals surface area contributed by atoms with E-state index in [2.05, 4.69) is 21.2 Å². The van der Waals surface area contributed by atoms with Crippen molar-refractivity contribution in [2.75, 3.05) is 7.11 Å². The van der Waals surface area contributed by atoms with Crippen LogP contribution in [0, 0.1) is 0 Å².